The number of hydrogen-bond acceptors (Lipinski definition) is 4. The first-order valence-corrected chi connectivity index (χ1v) is 8.08. The van der Waals surface area contributed by atoms with Gasteiger partial charge in [0.25, 0.3) is 0 Å². The monoisotopic (exact) mass is 343 g/mol. The van der Waals surface area contributed by atoms with Gasteiger partial charge in [-0.05, 0) is 43.7 Å². The normalized spacial score (nSPS) is 11.1. The average Bonchev–Trinajstić information content (AvgIpc) is 2.62. The van der Waals surface area contributed by atoms with Gasteiger partial charge >= 0.3 is 0 Å². The van der Waals surface area contributed by atoms with Crippen LogP contribution in [0, 0.1) is 6.92 Å². The third-order valence-electron chi connectivity index (χ3n) is 3.57. The second kappa shape index (κ2) is 8.82. The molecule has 0 bridgehead atoms. The van der Waals surface area contributed by atoms with Crippen LogP contribution < -0.4 is 25.3 Å². The minimum Gasteiger partial charge on any atom is -0.493 e. The Bertz CT molecular complexity index is 702. The quantitative estimate of drug-likeness (QED) is 0.595. The number of benzene rings is 2. The Kier molecular flexibility index (Phi) is 6.51. The highest BCUT2D eigenvalue weighted by molar-refractivity contribution is 5.92. The summed E-state index contributed by atoms with van der Waals surface area (Å²) in [5.41, 5.74) is 8.96. The van der Waals surface area contributed by atoms with Crippen LogP contribution in [0.25, 0.3) is 0 Å². The number of methoxy groups -OCH3 is 2. The molecular formula is C19H25N3O3. The molecule has 0 fully saturated rings. The van der Waals surface area contributed by atoms with Crippen molar-refractivity contribution in [3.63, 3.8) is 0 Å². The summed E-state index contributed by atoms with van der Waals surface area (Å²) in [6.45, 7) is 4.86. The van der Waals surface area contributed by atoms with Crippen LogP contribution in [0.15, 0.2) is 41.4 Å². The van der Waals surface area contributed by atoms with Gasteiger partial charge in [0.2, 0.25) is 5.75 Å². The van der Waals surface area contributed by atoms with Crippen LogP contribution in [0.2, 0.25) is 0 Å². The Morgan fingerprint density at radius 1 is 1.08 bits per heavy atom. The predicted octanol–water partition coefficient (Wildman–Crippen LogP) is 3.34. The van der Waals surface area contributed by atoms with Crippen molar-refractivity contribution in [2.45, 2.75) is 20.4 Å². The van der Waals surface area contributed by atoms with E-state index in [4.69, 9.17) is 19.9 Å². The van der Waals surface area contributed by atoms with Gasteiger partial charge in [0, 0.05) is 5.69 Å². The Morgan fingerprint density at radius 3 is 2.20 bits per heavy atom. The van der Waals surface area contributed by atoms with E-state index in [0.29, 0.717) is 36.4 Å². The molecule has 0 atom stereocenters. The molecule has 0 aliphatic rings. The predicted molar refractivity (Wildman–Crippen MR) is 101 cm³/mol. The minimum atomic E-state index is 0.343. The van der Waals surface area contributed by atoms with Crippen molar-refractivity contribution < 1.29 is 14.2 Å². The number of nitrogens with one attached hydrogen (secondary N) is 1. The summed E-state index contributed by atoms with van der Waals surface area (Å²) in [6, 6.07) is 11.7. The van der Waals surface area contributed by atoms with Crippen LogP contribution in [0.1, 0.15) is 18.1 Å². The van der Waals surface area contributed by atoms with E-state index in [1.54, 1.807) is 14.2 Å². The largest absolute Gasteiger partial charge is 0.493 e. The van der Waals surface area contributed by atoms with Gasteiger partial charge in [-0.2, -0.15) is 0 Å². The van der Waals surface area contributed by atoms with E-state index in [-0.39, 0.29) is 0 Å². The molecular weight excluding hydrogens is 318 g/mol. The van der Waals surface area contributed by atoms with Crippen LogP contribution in [0.5, 0.6) is 17.2 Å². The van der Waals surface area contributed by atoms with Crippen LogP contribution in [0.3, 0.4) is 0 Å². The number of hydrogen-bond donors (Lipinski definition) is 2. The molecule has 25 heavy (non-hydrogen) atoms. The third kappa shape index (κ3) is 5.04. The Balaban J connectivity index is 2.14. The van der Waals surface area contributed by atoms with E-state index in [0.717, 1.165) is 11.3 Å². The van der Waals surface area contributed by atoms with Gasteiger partial charge in [-0.15, -0.1) is 0 Å². The van der Waals surface area contributed by atoms with E-state index in [9.17, 15) is 0 Å². The molecule has 0 saturated heterocycles. The van der Waals surface area contributed by atoms with Gasteiger partial charge < -0.3 is 25.3 Å². The number of aliphatic imine (C=N–C) groups is 1. The minimum absolute atomic E-state index is 0.343. The zero-order chi connectivity index (χ0) is 18.2. The standard InChI is InChI=1S/C19H25N3O3/c1-5-25-18-16(23-3)10-14(11-17(18)24-4)12-21-19(20)22-15-8-6-13(2)7-9-15/h6-11H,5,12H2,1-4H3,(H3,20,21,22). The van der Waals surface area contributed by atoms with E-state index >= 15 is 0 Å². The second-order valence-electron chi connectivity index (χ2n) is 5.45. The summed E-state index contributed by atoms with van der Waals surface area (Å²) < 4.78 is 16.4. The van der Waals surface area contributed by atoms with Gasteiger partial charge in [-0.3, -0.25) is 0 Å². The first-order valence-electron chi connectivity index (χ1n) is 8.08. The van der Waals surface area contributed by atoms with Crippen LogP contribution in [0.4, 0.5) is 5.69 Å². The molecule has 0 aliphatic heterocycles. The first-order chi connectivity index (χ1) is 12.1. The maximum atomic E-state index is 5.96. The molecule has 2 rings (SSSR count). The topological polar surface area (TPSA) is 78.1 Å². The molecule has 6 nitrogen and oxygen atoms in total. The van der Waals surface area contributed by atoms with Crippen LogP contribution in [-0.4, -0.2) is 26.8 Å². The number of nitrogens with zero attached hydrogens (tertiary/aromatic N) is 1. The molecule has 0 saturated carbocycles. The molecule has 3 N–H and O–H groups in total. The molecule has 0 heterocycles. The molecule has 0 aromatic heterocycles. The highest BCUT2D eigenvalue weighted by Crippen LogP contribution is 2.38. The fourth-order valence-corrected chi connectivity index (χ4v) is 2.31. The lowest BCUT2D eigenvalue weighted by Crippen LogP contribution is -2.22. The fourth-order valence-electron chi connectivity index (χ4n) is 2.31. The Labute approximate surface area is 148 Å². The molecule has 6 heteroatoms. The van der Waals surface area contributed by atoms with Crippen LogP contribution in [-0.2, 0) is 6.54 Å². The van der Waals surface area contributed by atoms with Crippen molar-refractivity contribution in [1.82, 2.24) is 0 Å². The number of rotatable bonds is 7. The SMILES string of the molecule is CCOc1c(OC)cc(CN=C(N)Nc2ccc(C)cc2)cc1OC. The van der Waals surface area contributed by atoms with E-state index in [1.807, 2.05) is 50.2 Å². The molecule has 0 amide bonds. The number of aryl methyl sites for hydroxylation is 1. The number of ether oxygens (including phenoxy) is 3. The second-order valence-corrected chi connectivity index (χ2v) is 5.45. The van der Waals surface area contributed by atoms with Crippen molar-refractivity contribution in [2.75, 3.05) is 26.1 Å². The third-order valence-corrected chi connectivity index (χ3v) is 3.57. The molecule has 134 valence electrons. The molecule has 2 aromatic carbocycles. The first kappa shape index (κ1) is 18.4. The average molecular weight is 343 g/mol. The summed E-state index contributed by atoms with van der Waals surface area (Å²) in [5, 5.41) is 3.07. The smallest absolute Gasteiger partial charge is 0.203 e. The maximum Gasteiger partial charge on any atom is 0.203 e. The van der Waals surface area contributed by atoms with Crippen molar-refractivity contribution in [1.29, 1.82) is 0 Å². The highest BCUT2D eigenvalue weighted by Gasteiger charge is 2.13. The lowest BCUT2D eigenvalue weighted by atomic mass is 10.2. The summed E-state index contributed by atoms with van der Waals surface area (Å²) in [4.78, 5) is 4.37. The lowest BCUT2D eigenvalue weighted by molar-refractivity contribution is 0.288. The van der Waals surface area contributed by atoms with Gasteiger partial charge in [0.05, 0.1) is 27.4 Å². The molecule has 0 aliphatic carbocycles. The van der Waals surface area contributed by atoms with Gasteiger partial charge in [-0.25, -0.2) is 4.99 Å². The fraction of sp³-hybridized carbons (Fsp3) is 0.316. The summed E-state index contributed by atoms with van der Waals surface area (Å²) >= 11 is 0. The van der Waals surface area contributed by atoms with Crippen molar-refractivity contribution in [3.05, 3.63) is 47.5 Å². The van der Waals surface area contributed by atoms with Crippen molar-refractivity contribution >= 4 is 11.6 Å². The maximum absolute atomic E-state index is 5.96. The molecule has 0 radical (unpaired) electrons. The summed E-state index contributed by atoms with van der Waals surface area (Å²) in [6.07, 6.45) is 0. The summed E-state index contributed by atoms with van der Waals surface area (Å²) in [7, 11) is 3.19. The zero-order valence-electron chi connectivity index (χ0n) is 15.1. The lowest BCUT2D eigenvalue weighted by Gasteiger charge is -2.15. The van der Waals surface area contributed by atoms with Crippen molar-refractivity contribution in [3.8, 4) is 17.2 Å². The zero-order valence-corrected chi connectivity index (χ0v) is 15.1. The van der Waals surface area contributed by atoms with E-state index in [2.05, 4.69) is 10.3 Å². The van der Waals surface area contributed by atoms with Crippen molar-refractivity contribution in [2.24, 2.45) is 10.7 Å². The van der Waals surface area contributed by atoms with E-state index in [1.165, 1.54) is 5.56 Å². The summed E-state index contributed by atoms with van der Waals surface area (Å²) in [5.74, 6) is 2.15. The highest BCUT2D eigenvalue weighted by atomic mass is 16.5. The number of anilines is 1. The van der Waals surface area contributed by atoms with E-state index < -0.39 is 0 Å². The Hall–Kier alpha value is -2.89. The van der Waals surface area contributed by atoms with Gasteiger partial charge in [0.15, 0.2) is 17.5 Å². The van der Waals surface area contributed by atoms with Gasteiger partial charge in [0.1, 0.15) is 0 Å². The molecule has 0 spiro atoms. The molecule has 0 unspecified atom stereocenters. The van der Waals surface area contributed by atoms with Gasteiger partial charge in [-0.1, -0.05) is 17.7 Å². The van der Waals surface area contributed by atoms with Crippen LogP contribution >= 0.6 is 0 Å². The number of nitrogens with two attached hydrogens (primary N) is 1. The number of guanidine groups is 1. The molecule has 2 aromatic rings. The Morgan fingerprint density at radius 2 is 1.68 bits per heavy atom.